The zero-order valence-corrected chi connectivity index (χ0v) is 20.1. The van der Waals surface area contributed by atoms with Gasteiger partial charge in [0, 0.05) is 18.7 Å². The molecular formula is C28H25N5O4. The van der Waals surface area contributed by atoms with Crippen molar-refractivity contribution < 1.29 is 19.1 Å². The highest BCUT2D eigenvalue weighted by atomic mass is 16.5. The van der Waals surface area contributed by atoms with Crippen LogP contribution in [0.2, 0.25) is 0 Å². The summed E-state index contributed by atoms with van der Waals surface area (Å²) in [4.78, 5) is 35.1. The number of benzene rings is 3. The number of hydrogen-bond donors (Lipinski definition) is 0. The van der Waals surface area contributed by atoms with Gasteiger partial charge in [0.15, 0.2) is 11.9 Å². The number of hydrogen-bond acceptors (Lipinski definition) is 6. The predicted octanol–water partition coefficient (Wildman–Crippen LogP) is 3.20. The fourth-order valence-corrected chi connectivity index (χ4v) is 4.59. The fourth-order valence-electron chi connectivity index (χ4n) is 4.59. The number of fused-ring (bicyclic) bond motifs is 1. The molecule has 0 bridgehead atoms. The lowest BCUT2D eigenvalue weighted by Gasteiger charge is -2.36. The van der Waals surface area contributed by atoms with Crippen LogP contribution in [0.15, 0.2) is 84.9 Å². The number of para-hydroxylation sites is 3. The summed E-state index contributed by atoms with van der Waals surface area (Å²) in [5.74, 6) is 0.500. The van der Waals surface area contributed by atoms with Gasteiger partial charge in [-0.2, -0.15) is 0 Å². The average Bonchev–Trinajstić information content (AvgIpc) is 3.43. The van der Waals surface area contributed by atoms with Crippen LogP contribution in [0.1, 0.15) is 10.6 Å². The van der Waals surface area contributed by atoms with Gasteiger partial charge in [-0.15, -0.1) is 5.10 Å². The van der Waals surface area contributed by atoms with E-state index < -0.39 is 12.0 Å². The number of rotatable bonds is 4. The second-order valence-electron chi connectivity index (χ2n) is 8.80. The van der Waals surface area contributed by atoms with Crippen molar-refractivity contribution in [1.82, 2.24) is 19.7 Å². The second-order valence-corrected chi connectivity index (χ2v) is 8.80. The maximum absolute atomic E-state index is 13.9. The molecule has 0 saturated carbocycles. The highest BCUT2D eigenvalue weighted by Crippen LogP contribution is 2.34. The molecule has 0 radical (unpaired) electrons. The van der Waals surface area contributed by atoms with Gasteiger partial charge in [0.1, 0.15) is 5.75 Å². The lowest BCUT2D eigenvalue weighted by Crippen LogP contribution is -2.54. The first kappa shape index (κ1) is 22.9. The SMILES string of the molecule is O=C(C1CN(C(=O)c2nc(-c3ccccc3)n(-c3ccccc3)n2)c2ccccc2O1)N1CCOCC1. The summed E-state index contributed by atoms with van der Waals surface area (Å²) in [6.45, 7) is 2.03. The lowest BCUT2D eigenvalue weighted by atomic mass is 10.1. The van der Waals surface area contributed by atoms with Gasteiger partial charge in [-0.05, 0) is 24.3 Å². The minimum Gasteiger partial charge on any atom is -0.476 e. The Morgan fingerprint density at radius 1 is 0.838 bits per heavy atom. The van der Waals surface area contributed by atoms with E-state index in [1.54, 1.807) is 26.6 Å². The van der Waals surface area contributed by atoms with Crippen LogP contribution < -0.4 is 9.64 Å². The van der Waals surface area contributed by atoms with E-state index in [0.717, 1.165) is 11.3 Å². The van der Waals surface area contributed by atoms with Gasteiger partial charge >= 0.3 is 0 Å². The monoisotopic (exact) mass is 495 g/mol. The summed E-state index contributed by atoms with van der Waals surface area (Å²) < 4.78 is 13.1. The van der Waals surface area contributed by atoms with Gasteiger partial charge in [-0.1, -0.05) is 60.7 Å². The quantitative estimate of drug-likeness (QED) is 0.432. The Morgan fingerprint density at radius 2 is 1.51 bits per heavy atom. The molecule has 1 saturated heterocycles. The molecule has 3 aromatic carbocycles. The molecule has 9 nitrogen and oxygen atoms in total. The summed E-state index contributed by atoms with van der Waals surface area (Å²) >= 11 is 0. The Labute approximate surface area is 213 Å². The maximum atomic E-state index is 13.9. The zero-order valence-electron chi connectivity index (χ0n) is 20.1. The molecular weight excluding hydrogens is 470 g/mol. The molecule has 6 rings (SSSR count). The minimum atomic E-state index is -0.832. The third-order valence-corrected chi connectivity index (χ3v) is 6.45. The largest absolute Gasteiger partial charge is 0.476 e. The van der Waals surface area contributed by atoms with Crippen LogP contribution in [0.4, 0.5) is 5.69 Å². The van der Waals surface area contributed by atoms with Crippen molar-refractivity contribution >= 4 is 17.5 Å². The first-order chi connectivity index (χ1) is 18.2. The predicted molar refractivity (Wildman–Crippen MR) is 137 cm³/mol. The van der Waals surface area contributed by atoms with Crippen LogP contribution in [-0.2, 0) is 9.53 Å². The first-order valence-electron chi connectivity index (χ1n) is 12.2. The smallest absolute Gasteiger partial charge is 0.298 e. The highest BCUT2D eigenvalue weighted by molar-refractivity contribution is 6.06. The molecule has 2 aliphatic heterocycles. The Bertz CT molecular complexity index is 1360. The fraction of sp³-hybridized carbons (Fsp3) is 0.214. The van der Waals surface area contributed by atoms with E-state index in [-0.39, 0.29) is 18.3 Å². The zero-order chi connectivity index (χ0) is 25.2. The van der Waals surface area contributed by atoms with Crippen LogP contribution in [0.25, 0.3) is 17.1 Å². The van der Waals surface area contributed by atoms with Crippen molar-refractivity contribution in [2.75, 3.05) is 37.7 Å². The molecule has 0 aliphatic carbocycles. The Kier molecular flexibility index (Phi) is 6.11. The van der Waals surface area contributed by atoms with Crippen molar-refractivity contribution in [1.29, 1.82) is 0 Å². The van der Waals surface area contributed by atoms with Crippen LogP contribution in [0.3, 0.4) is 0 Å². The standard InChI is InChI=1S/C28H25N5O4/c34-27(31-15-17-36-18-16-31)24-19-32(22-13-7-8-14-23(22)37-24)28(35)25-29-26(20-9-3-1-4-10-20)33(30-25)21-11-5-2-6-12-21/h1-14,24H,15-19H2. The van der Waals surface area contributed by atoms with Crippen LogP contribution in [0.5, 0.6) is 5.75 Å². The normalized spacial score (nSPS) is 17.1. The topological polar surface area (TPSA) is 89.8 Å². The van der Waals surface area contributed by atoms with Gasteiger partial charge in [-0.3, -0.25) is 14.5 Å². The average molecular weight is 496 g/mol. The lowest BCUT2D eigenvalue weighted by molar-refractivity contribution is -0.142. The van der Waals surface area contributed by atoms with Gasteiger partial charge in [0.2, 0.25) is 5.82 Å². The molecule has 2 aliphatic rings. The number of amides is 2. The van der Waals surface area contributed by atoms with Crippen molar-refractivity contribution in [3.63, 3.8) is 0 Å². The third kappa shape index (κ3) is 4.45. The third-order valence-electron chi connectivity index (χ3n) is 6.45. The summed E-state index contributed by atoms with van der Waals surface area (Å²) in [6, 6.07) is 26.4. The number of ether oxygens (including phenoxy) is 2. The number of anilines is 1. The number of morpholine rings is 1. The van der Waals surface area contributed by atoms with Gasteiger partial charge in [-0.25, -0.2) is 9.67 Å². The molecule has 1 atom stereocenters. The summed E-state index contributed by atoms with van der Waals surface area (Å²) in [5.41, 5.74) is 2.20. The van der Waals surface area contributed by atoms with Crippen molar-refractivity contribution in [2.45, 2.75) is 6.10 Å². The van der Waals surface area contributed by atoms with E-state index in [1.165, 1.54) is 0 Å². The molecule has 3 heterocycles. The molecule has 4 aromatic rings. The van der Waals surface area contributed by atoms with E-state index in [9.17, 15) is 9.59 Å². The van der Waals surface area contributed by atoms with Gasteiger partial charge in [0.25, 0.3) is 11.8 Å². The van der Waals surface area contributed by atoms with E-state index in [1.807, 2.05) is 72.8 Å². The highest BCUT2D eigenvalue weighted by Gasteiger charge is 2.38. The Balaban J connectivity index is 1.37. The molecule has 1 fully saturated rings. The molecule has 0 spiro atoms. The van der Waals surface area contributed by atoms with Crippen molar-refractivity contribution in [2.24, 2.45) is 0 Å². The van der Waals surface area contributed by atoms with Gasteiger partial charge < -0.3 is 14.4 Å². The Morgan fingerprint density at radius 3 is 2.27 bits per heavy atom. The Hall–Kier alpha value is -4.50. The molecule has 1 aromatic heterocycles. The van der Waals surface area contributed by atoms with Crippen LogP contribution >= 0.6 is 0 Å². The molecule has 37 heavy (non-hydrogen) atoms. The van der Waals surface area contributed by atoms with E-state index in [0.29, 0.717) is 43.6 Å². The molecule has 0 N–H and O–H groups in total. The summed E-state index contributed by atoms with van der Waals surface area (Å²) in [6.07, 6.45) is -0.832. The maximum Gasteiger partial charge on any atom is 0.298 e. The minimum absolute atomic E-state index is 0.0389. The molecule has 1 unspecified atom stereocenters. The molecule has 2 amide bonds. The molecule has 9 heteroatoms. The summed E-state index contributed by atoms with van der Waals surface area (Å²) in [7, 11) is 0. The number of aromatic nitrogens is 3. The number of carbonyl (C=O) groups is 2. The second kappa shape index (κ2) is 9.87. The summed E-state index contributed by atoms with van der Waals surface area (Å²) in [5, 5.41) is 4.63. The van der Waals surface area contributed by atoms with Crippen molar-refractivity contribution in [3.05, 3.63) is 90.8 Å². The van der Waals surface area contributed by atoms with E-state index >= 15 is 0 Å². The van der Waals surface area contributed by atoms with Gasteiger partial charge in [0.05, 0.1) is 31.1 Å². The van der Waals surface area contributed by atoms with Crippen molar-refractivity contribution in [3.8, 4) is 22.8 Å². The van der Waals surface area contributed by atoms with E-state index in [4.69, 9.17) is 9.47 Å². The number of carbonyl (C=O) groups excluding carboxylic acids is 2. The first-order valence-corrected chi connectivity index (χ1v) is 12.2. The number of nitrogens with zero attached hydrogens (tertiary/aromatic N) is 5. The molecule has 186 valence electrons. The van der Waals surface area contributed by atoms with Crippen LogP contribution in [-0.4, -0.2) is 70.4 Å². The van der Waals surface area contributed by atoms with Crippen LogP contribution in [0, 0.1) is 0 Å². The van der Waals surface area contributed by atoms with E-state index in [2.05, 4.69) is 10.1 Å².